The van der Waals surface area contributed by atoms with Gasteiger partial charge in [0.05, 0.1) is 35.5 Å². The summed E-state index contributed by atoms with van der Waals surface area (Å²) in [5, 5.41) is 8.89. The lowest BCUT2D eigenvalue weighted by atomic mass is 10.1. The lowest BCUT2D eigenvalue weighted by Gasteiger charge is -2.05. The highest BCUT2D eigenvalue weighted by Gasteiger charge is 2.07. The molecule has 0 aliphatic heterocycles. The maximum atomic E-state index is 13.2. The second kappa shape index (κ2) is 5.69. The van der Waals surface area contributed by atoms with Crippen molar-refractivity contribution in [2.75, 3.05) is 0 Å². The Morgan fingerprint density at radius 1 is 0.909 bits per heavy atom. The number of hydrogen-bond acceptors (Lipinski definition) is 4. The lowest BCUT2D eigenvalue weighted by Crippen LogP contribution is -1.96. The molecule has 0 atom stereocenters. The van der Waals surface area contributed by atoms with Gasteiger partial charge in [-0.1, -0.05) is 12.1 Å². The van der Waals surface area contributed by atoms with Gasteiger partial charge in [0.1, 0.15) is 5.82 Å². The maximum Gasteiger partial charge on any atom is 0.335 e. The third kappa shape index (κ3) is 2.80. The normalized spacial score (nSPS) is 10.4. The van der Waals surface area contributed by atoms with Crippen LogP contribution in [0, 0.1) is 5.82 Å². The molecule has 0 spiro atoms. The number of carboxylic acid groups (broad SMARTS) is 1. The molecule has 1 aromatic carbocycles. The van der Waals surface area contributed by atoms with Gasteiger partial charge < -0.3 is 5.11 Å². The second-order valence-electron chi connectivity index (χ2n) is 4.56. The number of carboxylic acids is 1. The van der Waals surface area contributed by atoms with E-state index in [2.05, 4.69) is 15.0 Å². The molecule has 0 saturated carbocycles. The summed E-state index contributed by atoms with van der Waals surface area (Å²) in [4.78, 5) is 23.1. The molecule has 0 aliphatic carbocycles. The van der Waals surface area contributed by atoms with Crippen LogP contribution in [0.25, 0.3) is 22.5 Å². The number of hydrogen-bond donors (Lipinski definition) is 1. The number of aromatic carboxylic acids is 1. The van der Waals surface area contributed by atoms with E-state index < -0.39 is 11.8 Å². The van der Waals surface area contributed by atoms with Crippen molar-refractivity contribution in [1.82, 2.24) is 15.0 Å². The summed E-state index contributed by atoms with van der Waals surface area (Å²) < 4.78 is 13.2. The number of benzene rings is 1. The van der Waals surface area contributed by atoms with Gasteiger partial charge in [0, 0.05) is 17.3 Å². The van der Waals surface area contributed by atoms with E-state index in [1.54, 1.807) is 18.3 Å². The monoisotopic (exact) mass is 295 g/mol. The molecular weight excluding hydrogens is 285 g/mol. The smallest absolute Gasteiger partial charge is 0.335 e. The summed E-state index contributed by atoms with van der Waals surface area (Å²) in [6.07, 6.45) is 5.70. The molecule has 3 rings (SSSR count). The molecule has 1 N–H and O–H groups in total. The molecular formula is C16H10FN3O2. The van der Waals surface area contributed by atoms with Gasteiger partial charge in [0.15, 0.2) is 0 Å². The molecule has 0 fully saturated rings. The summed E-state index contributed by atoms with van der Waals surface area (Å²) >= 11 is 0. The van der Waals surface area contributed by atoms with Gasteiger partial charge in [-0.25, -0.2) is 14.2 Å². The SMILES string of the molecule is O=C(O)c1ccc(-c2cncc(-c3cncc(F)c3)n2)cc1. The van der Waals surface area contributed by atoms with Crippen molar-refractivity contribution in [3.8, 4) is 22.5 Å². The minimum absolute atomic E-state index is 0.196. The van der Waals surface area contributed by atoms with Crippen molar-refractivity contribution in [1.29, 1.82) is 0 Å². The van der Waals surface area contributed by atoms with Crippen LogP contribution < -0.4 is 0 Å². The fraction of sp³-hybridized carbons (Fsp3) is 0. The number of pyridine rings is 1. The number of rotatable bonds is 3. The van der Waals surface area contributed by atoms with Crippen molar-refractivity contribution in [2.24, 2.45) is 0 Å². The molecule has 2 heterocycles. The minimum Gasteiger partial charge on any atom is -0.478 e. The summed E-state index contributed by atoms with van der Waals surface area (Å²) in [5.74, 6) is -1.44. The van der Waals surface area contributed by atoms with Gasteiger partial charge in [0.2, 0.25) is 0 Å². The van der Waals surface area contributed by atoms with Gasteiger partial charge in [-0.3, -0.25) is 9.97 Å². The van der Waals surface area contributed by atoms with Crippen LogP contribution in [0.5, 0.6) is 0 Å². The summed E-state index contributed by atoms with van der Waals surface area (Å²) in [5.41, 5.74) is 2.51. The van der Waals surface area contributed by atoms with Crippen LogP contribution in [0.2, 0.25) is 0 Å². The molecule has 108 valence electrons. The number of nitrogens with zero attached hydrogens (tertiary/aromatic N) is 3. The van der Waals surface area contributed by atoms with Crippen LogP contribution in [0.4, 0.5) is 4.39 Å². The standard InChI is InChI=1S/C16H10FN3O2/c17-13-5-12(6-18-7-13)15-9-19-8-14(20-15)10-1-3-11(4-2-10)16(21)22/h1-9H,(H,21,22). The van der Waals surface area contributed by atoms with E-state index in [9.17, 15) is 9.18 Å². The summed E-state index contributed by atoms with van der Waals surface area (Å²) in [7, 11) is 0. The Morgan fingerprint density at radius 3 is 2.18 bits per heavy atom. The third-order valence-electron chi connectivity index (χ3n) is 3.06. The fourth-order valence-corrected chi connectivity index (χ4v) is 1.98. The first-order valence-corrected chi connectivity index (χ1v) is 6.40. The average Bonchev–Trinajstić information content (AvgIpc) is 2.55. The van der Waals surface area contributed by atoms with E-state index in [0.717, 1.165) is 11.8 Å². The van der Waals surface area contributed by atoms with E-state index in [-0.39, 0.29) is 5.56 Å². The van der Waals surface area contributed by atoms with Crippen LogP contribution in [0.1, 0.15) is 10.4 Å². The highest BCUT2D eigenvalue weighted by atomic mass is 19.1. The Bertz CT molecular complexity index is 835. The molecule has 6 heteroatoms. The summed E-state index contributed by atoms with van der Waals surface area (Å²) in [6, 6.07) is 7.63. The topological polar surface area (TPSA) is 76.0 Å². The third-order valence-corrected chi connectivity index (χ3v) is 3.06. The quantitative estimate of drug-likeness (QED) is 0.803. The first-order chi connectivity index (χ1) is 10.6. The average molecular weight is 295 g/mol. The van der Waals surface area contributed by atoms with Crippen LogP contribution in [-0.2, 0) is 0 Å². The van der Waals surface area contributed by atoms with Gasteiger partial charge in [-0.05, 0) is 18.2 Å². The number of carbonyl (C=O) groups is 1. The molecule has 0 saturated heterocycles. The Balaban J connectivity index is 1.99. The van der Waals surface area contributed by atoms with Gasteiger partial charge in [-0.2, -0.15) is 0 Å². The molecule has 5 nitrogen and oxygen atoms in total. The van der Waals surface area contributed by atoms with Crippen LogP contribution in [0.15, 0.2) is 55.1 Å². The van der Waals surface area contributed by atoms with Gasteiger partial charge in [0.25, 0.3) is 0 Å². The predicted octanol–water partition coefficient (Wildman–Crippen LogP) is 3.04. The van der Waals surface area contributed by atoms with E-state index >= 15 is 0 Å². The van der Waals surface area contributed by atoms with Crippen molar-refractivity contribution in [2.45, 2.75) is 0 Å². The first kappa shape index (κ1) is 13.8. The van der Waals surface area contributed by atoms with E-state index in [1.165, 1.54) is 30.6 Å². The lowest BCUT2D eigenvalue weighted by molar-refractivity contribution is 0.0697. The highest BCUT2D eigenvalue weighted by molar-refractivity contribution is 5.88. The van der Waals surface area contributed by atoms with E-state index in [0.29, 0.717) is 17.0 Å². The molecule has 0 bridgehead atoms. The molecule has 0 unspecified atom stereocenters. The molecule has 22 heavy (non-hydrogen) atoms. The Kier molecular flexibility index (Phi) is 3.57. The zero-order valence-corrected chi connectivity index (χ0v) is 11.3. The zero-order valence-electron chi connectivity index (χ0n) is 11.3. The van der Waals surface area contributed by atoms with E-state index in [1.807, 2.05) is 0 Å². The molecule has 0 aliphatic rings. The van der Waals surface area contributed by atoms with Gasteiger partial charge in [-0.15, -0.1) is 0 Å². The highest BCUT2D eigenvalue weighted by Crippen LogP contribution is 2.21. The minimum atomic E-state index is -0.989. The Morgan fingerprint density at radius 2 is 1.55 bits per heavy atom. The number of halogens is 1. The predicted molar refractivity (Wildman–Crippen MR) is 77.6 cm³/mol. The molecule has 0 radical (unpaired) electrons. The first-order valence-electron chi connectivity index (χ1n) is 6.40. The Labute approximate surface area is 125 Å². The van der Waals surface area contributed by atoms with Crippen molar-refractivity contribution < 1.29 is 14.3 Å². The number of aromatic nitrogens is 3. The largest absolute Gasteiger partial charge is 0.478 e. The Hall–Kier alpha value is -3.15. The molecule has 0 amide bonds. The molecule has 2 aromatic heterocycles. The van der Waals surface area contributed by atoms with Crippen LogP contribution in [-0.4, -0.2) is 26.0 Å². The van der Waals surface area contributed by atoms with E-state index in [4.69, 9.17) is 5.11 Å². The van der Waals surface area contributed by atoms with Crippen LogP contribution >= 0.6 is 0 Å². The van der Waals surface area contributed by atoms with Crippen LogP contribution in [0.3, 0.4) is 0 Å². The van der Waals surface area contributed by atoms with Crippen molar-refractivity contribution in [3.63, 3.8) is 0 Å². The second-order valence-corrected chi connectivity index (χ2v) is 4.56. The van der Waals surface area contributed by atoms with Gasteiger partial charge >= 0.3 is 5.97 Å². The fourth-order valence-electron chi connectivity index (χ4n) is 1.98. The van der Waals surface area contributed by atoms with Crippen molar-refractivity contribution >= 4 is 5.97 Å². The van der Waals surface area contributed by atoms with Crippen molar-refractivity contribution in [3.05, 3.63) is 66.5 Å². The zero-order chi connectivity index (χ0) is 15.5. The maximum absolute atomic E-state index is 13.2. The molecule has 3 aromatic rings. The summed E-state index contributed by atoms with van der Waals surface area (Å²) in [6.45, 7) is 0.